The number of nitrogens with one attached hydrogen (secondary N) is 1. The van der Waals surface area contributed by atoms with Crippen LogP contribution in [0, 0.1) is 11.3 Å². The molecule has 1 atom stereocenters. The number of alkyl carbamates (subject to hydrolysis) is 1. The number of rotatable bonds is 4. The van der Waals surface area contributed by atoms with E-state index in [0.29, 0.717) is 5.56 Å². The number of carbonyl (C=O) groups excluding carboxylic acids is 1. The summed E-state index contributed by atoms with van der Waals surface area (Å²) in [5, 5.41) is 10.1. The Bertz CT molecular complexity index is 926. The quantitative estimate of drug-likeness (QED) is 0.885. The van der Waals surface area contributed by atoms with Gasteiger partial charge in [-0.1, -0.05) is 30.3 Å². The first kappa shape index (κ1) is 19.5. The fourth-order valence-electron chi connectivity index (χ4n) is 2.27. The van der Waals surface area contributed by atoms with Crippen LogP contribution in [0.25, 0.3) is 0 Å². The summed E-state index contributed by atoms with van der Waals surface area (Å²) in [6.45, 7) is 5.05. The maximum Gasteiger partial charge on any atom is 0.408 e. The highest BCUT2D eigenvalue weighted by atomic mass is 32.2. The van der Waals surface area contributed by atoms with Gasteiger partial charge in [0.15, 0.2) is 5.37 Å². The molecule has 6 nitrogen and oxygen atoms in total. The number of nitrogens with zero attached hydrogens (tertiary/aromatic N) is 1. The zero-order valence-corrected chi connectivity index (χ0v) is 15.6. The van der Waals surface area contributed by atoms with Crippen LogP contribution in [-0.4, -0.2) is 20.1 Å². The first-order chi connectivity index (χ1) is 12.1. The summed E-state index contributed by atoms with van der Waals surface area (Å²) in [6.07, 6.45) is -0.857. The van der Waals surface area contributed by atoms with E-state index < -0.39 is 26.9 Å². The minimum Gasteiger partial charge on any atom is -0.444 e. The molecule has 2 rings (SSSR count). The van der Waals surface area contributed by atoms with Crippen molar-refractivity contribution in [2.75, 3.05) is 0 Å². The molecule has 2 aromatic rings. The van der Waals surface area contributed by atoms with Crippen molar-refractivity contribution in [1.82, 2.24) is 5.32 Å². The summed E-state index contributed by atoms with van der Waals surface area (Å²) in [5.74, 6) is 0. The molecule has 1 amide bonds. The van der Waals surface area contributed by atoms with Crippen LogP contribution in [0.5, 0.6) is 0 Å². The first-order valence-electron chi connectivity index (χ1n) is 7.92. The predicted molar refractivity (Wildman–Crippen MR) is 96.9 cm³/mol. The number of hydrogen-bond donors (Lipinski definition) is 1. The molecule has 7 heteroatoms. The monoisotopic (exact) mass is 372 g/mol. The Morgan fingerprint density at radius 1 is 1.12 bits per heavy atom. The van der Waals surface area contributed by atoms with Gasteiger partial charge >= 0.3 is 6.09 Å². The number of amides is 1. The molecule has 0 radical (unpaired) electrons. The normalized spacial score (nSPS) is 12.7. The van der Waals surface area contributed by atoms with Crippen LogP contribution >= 0.6 is 0 Å². The van der Waals surface area contributed by atoms with Crippen molar-refractivity contribution < 1.29 is 17.9 Å². The lowest BCUT2D eigenvalue weighted by molar-refractivity contribution is 0.0519. The second-order valence-electron chi connectivity index (χ2n) is 6.62. The summed E-state index contributed by atoms with van der Waals surface area (Å²) in [7, 11) is -3.95. The molecule has 0 aliphatic carbocycles. The second-order valence-corrected chi connectivity index (χ2v) is 8.65. The molecule has 0 fully saturated rings. The molecule has 1 N–H and O–H groups in total. The van der Waals surface area contributed by atoms with E-state index in [-0.39, 0.29) is 10.5 Å². The van der Waals surface area contributed by atoms with Crippen LogP contribution in [0.3, 0.4) is 0 Å². The van der Waals surface area contributed by atoms with Crippen molar-refractivity contribution in [3.8, 4) is 6.07 Å². The van der Waals surface area contributed by atoms with Gasteiger partial charge in [-0.3, -0.25) is 0 Å². The minimum atomic E-state index is -3.95. The zero-order chi connectivity index (χ0) is 19.4. The molecular formula is C19H20N2O4S. The van der Waals surface area contributed by atoms with Crippen LogP contribution in [0.4, 0.5) is 4.79 Å². The average Bonchev–Trinajstić information content (AvgIpc) is 2.59. The van der Waals surface area contributed by atoms with Crippen molar-refractivity contribution in [1.29, 1.82) is 5.26 Å². The topological polar surface area (TPSA) is 96.3 Å². The second kappa shape index (κ2) is 7.58. The third-order valence-electron chi connectivity index (χ3n) is 3.35. The molecular weight excluding hydrogens is 352 g/mol. The first-order valence-corrected chi connectivity index (χ1v) is 9.46. The van der Waals surface area contributed by atoms with E-state index >= 15 is 0 Å². The van der Waals surface area contributed by atoms with Gasteiger partial charge in [0.05, 0.1) is 16.5 Å². The zero-order valence-electron chi connectivity index (χ0n) is 14.8. The van der Waals surface area contributed by atoms with Crippen molar-refractivity contribution in [2.45, 2.75) is 36.6 Å². The third-order valence-corrected chi connectivity index (χ3v) is 5.29. The van der Waals surface area contributed by atoms with E-state index in [1.807, 2.05) is 6.07 Å². The third kappa shape index (κ3) is 4.83. The van der Waals surface area contributed by atoms with Gasteiger partial charge in [0.25, 0.3) is 0 Å². The van der Waals surface area contributed by atoms with Crippen molar-refractivity contribution in [3.63, 3.8) is 0 Å². The number of carbonyl (C=O) groups is 1. The standard InChI is InChI=1S/C19H20N2O4S/c1-19(2,3)25-18(22)21-17(15-9-7-8-14(12-15)13-20)26(23,24)16-10-5-4-6-11-16/h4-12,17H,1-3H3,(H,21,22). The van der Waals surface area contributed by atoms with Gasteiger partial charge in [-0.05, 0) is 50.6 Å². The van der Waals surface area contributed by atoms with Crippen LogP contribution in [0.2, 0.25) is 0 Å². The van der Waals surface area contributed by atoms with Gasteiger partial charge in [0, 0.05) is 0 Å². The molecule has 0 spiro atoms. The SMILES string of the molecule is CC(C)(C)OC(=O)NC(c1cccc(C#N)c1)S(=O)(=O)c1ccccc1. The van der Waals surface area contributed by atoms with Crippen LogP contribution in [0.15, 0.2) is 59.5 Å². The molecule has 0 aromatic heterocycles. The van der Waals surface area contributed by atoms with Crippen molar-refractivity contribution in [3.05, 3.63) is 65.7 Å². The molecule has 0 saturated carbocycles. The molecule has 0 aliphatic rings. The highest BCUT2D eigenvalue weighted by molar-refractivity contribution is 7.91. The number of ether oxygens (including phenoxy) is 1. The predicted octanol–water partition coefficient (Wildman–Crippen LogP) is 3.56. The molecule has 0 heterocycles. The Morgan fingerprint density at radius 2 is 1.77 bits per heavy atom. The van der Waals surface area contributed by atoms with E-state index in [1.165, 1.54) is 18.2 Å². The highest BCUT2D eigenvalue weighted by Crippen LogP contribution is 2.27. The van der Waals surface area contributed by atoms with E-state index in [2.05, 4.69) is 5.32 Å². The van der Waals surface area contributed by atoms with Gasteiger partial charge < -0.3 is 10.1 Å². The van der Waals surface area contributed by atoms with Crippen molar-refractivity contribution >= 4 is 15.9 Å². The van der Waals surface area contributed by atoms with Gasteiger partial charge in [-0.15, -0.1) is 0 Å². The Hall–Kier alpha value is -2.85. The summed E-state index contributed by atoms with van der Waals surface area (Å²) in [5.41, 5.74) is -0.208. The number of hydrogen-bond acceptors (Lipinski definition) is 5. The van der Waals surface area contributed by atoms with Crippen LogP contribution in [0.1, 0.15) is 37.3 Å². The Morgan fingerprint density at radius 3 is 2.35 bits per heavy atom. The molecule has 0 aliphatic heterocycles. The average molecular weight is 372 g/mol. The fourth-order valence-corrected chi connectivity index (χ4v) is 3.84. The molecule has 136 valence electrons. The van der Waals surface area contributed by atoms with Crippen LogP contribution < -0.4 is 5.32 Å². The van der Waals surface area contributed by atoms with Gasteiger partial charge in [-0.25, -0.2) is 13.2 Å². The van der Waals surface area contributed by atoms with Crippen molar-refractivity contribution in [2.24, 2.45) is 0 Å². The maximum atomic E-state index is 13.1. The smallest absolute Gasteiger partial charge is 0.408 e. The largest absolute Gasteiger partial charge is 0.444 e. The van der Waals surface area contributed by atoms with E-state index in [4.69, 9.17) is 10.00 Å². The fraction of sp³-hybridized carbons (Fsp3) is 0.263. The Kier molecular flexibility index (Phi) is 5.68. The molecule has 1 unspecified atom stereocenters. The number of sulfone groups is 1. The summed E-state index contributed by atoms with van der Waals surface area (Å²) in [6, 6.07) is 15.9. The Balaban J connectivity index is 2.48. The van der Waals surface area contributed by atoms with Gasteiger partial charge in [0.1, 0.15) is 5.60 Å². The van der Waals surface area contributed by atoms with Gasteiger partial charge in [0.2, 0.25) is 9.84 Å². The molecule has 0 saturated heterocycles. The Labute approximate surface area is 153 Å². The van der Waals surface area contributed by atoms with E-state index in [0.717, 1.165) is 0 Å². The number of nitriles is 1. The van der Waals surface area contributed by atoms with Gasteiger partial charge in [-0.2, -0.15) is 5.26 Å². The summed E-state index contributed by atoms with van der Waals surface area (Å²) in [4.78, 5) is 12.3. The lowest BCUT2D eigenvalue weighted by atomic mass is 10.1. The summed E-state index contributed by atoms with van der Waals surface area (Å²) < 4.78 is 31.4. The van der Waals surface area contributed by atoms with E-state index in [1.54, 1.807) is 57.2 Å². The molecule has 0 bridgehead atoms. The highest BCUT2D eigenvalue weighted by Gasteiger charge is 2.32. The lowest BCUT2D eigenvalue weighted by Gasteiger charge is -2.24. The van der Waals surface area contributed by atoms with Crippen LogP contribution in [-0.2, 0) is 14.6 Å². The molecule has 26 heavy (non-hydrogen) atoms. The molecule has 2 aromatic carbocycles. The number of benzene rings is 2. The maximum absolute atomic E-state index is 13.1. The summed E-state index contributed by atoms with van der Waals surface area (Å²) >= 11 is 0. The lowest BCUT2D eigenvalue weighted by Crippen LogP contribution is -2.38. The van der Waals surface area contributed by atoms with E-state index in [9.17, 15) is 13.2 Å². The minimum absolute atomic E-state index is 0.0587.